The molecular weight excluding hydrogens is 264 g/mol. The molecule has 0 aromatic carbocycles. The lowest BCUT2D eigenvalue weighted by Gasteiger charge is -2.37. The van der Waals surface area contributed by atoms with Gasteiger partial charge in [0.1, 0.15) is 11.9 Å². The summed E-state index contributed by atoms with van der Waals surface area (Å²) in [7, 11) is 0. The molecule has 1 aliphatic rings. The lowest BCUT2D eigenvalue weighted by molar-refractivity contribution is 0.0435. The number of nitrogens with zero attached hydrogens (tertiary/aromatic N) is 3. The summed E-state index contributed by atoms with van der Waals surface area (Å²) in [6, 6.07) is 0. The van der Waals surface area contributed by atoms with Crippen LogP contribution in [0, 0.1) is 17.8 Å². The van der Waals surface area contributed by atoms with Crippen molar-refractivity contribution < 1.29 is 4.74 Å². The van der Waals surface area contributed by atoms with E-state index < -0.39 is 0 Å². The van der Waals surface area contributed by atoms with Gasteiger partial charge >= 0.3 is 0 Å². The van der Waals surface area contributed by atoms with E-state index in [1.807, 2.05) is 10.6 Å². The zero-order chi connectivity index (χ0) is 15.0. The molecule has 1 saturated carbocycles. The molecule has 5 nitrogen and oxygen atoms in total. The van der Waals surface area contributed by atoms with E-state index in [1.165, 1.54) is 12.8 Å². The summed E-state index contributed by atoms with van der Waals surface area (Å²) in [6.07, 6.45) is 9.15. The van der Waals surface area contributed by atoms with E-state index in [4.69, 9.17) is 10.5 Å². The van der Waals surface area contributed by atoms with Crippen molar-refractivity contribution in [2.45, 2.75) is 46.1 Å². The molecule has 5 heteroatoms. The molecule has 2 heterocycles. The zero-order valence-electron chi connectivity index (χ0n) is 13.0. The number of hydrogen-bond donors (Lipinski definition) is 1. The minimum atomic E-state index is 0.198. The standard InChI is InChI=1S/C16H24N4O/c1-10(2)12-5-4-11(3)8-13(12)21-16-15-18-6-7-20(15)9-14(17)19-16/h6-7,9-13H,4-5,8,17H2,1-3H3. The van der Waals surface area contributed by atoms with Gasteiger partial charge in [-0.3, -0.25) is 4.40 Å². The second-order valence-electron chi connectivity index (χ2n) is 6.61. The van der Waals surface area contributed by atoms with Crippen LogP contribution in [0.2, 0.25) is 0 Å². The Kier molecular flexibility index (Phi) is 3.74. The molecule has 3 atom stereocenters. The first-order chi connectivity index (χ1) is 10.0. The highest BCUT2D eigenvalue weighted by Crippen LogP contribution is 2.36. The largest absolute Gasteiger partial charge is 0.471 e. The second kappa shape index (κ2) is 5.54. The SMILES string of the molecule is CC1CCC(C(C)C)C(Oc2nc(N)cn3ccnc23)C1. The molecule has 0 saturated heterocycles. The lowest BCUT2D eigenvalue weighted by Crippen LogP contribution is -2.36. The number of nitrogen functional groups attached to an aromatic ring is 1. The smallest absolute Gasteiger partial charge is 0.260 e. The highest BCUT2D eigenvalue weighted by molar-refractivity contribution is 5.52. The van der Waals surface area contributed by atoms with E-state index in [1.54, 1.807) is 12.4 Å². The van der Waals surface area contributed by atoms with Crippen molar-refractivity contribution in [3.05, 3.63) is 18.6 Å². The summed E-state index contributed by atoms with van der Waals surface area (Å²) in [5.74, 6) is 2.89. The van der Waals surface area contributed by atoms with Gasteiger partial charge in [-0.25, -0.2) is 4.98 Å². The summed E-state index contributed by atoms with van der Waals surface area (Å²) >= 11 is 0. The van der Waals surface area contributed by atoms with Gasteiger partial charge in [-0.1, -0.05) is 27.2 Å². The van der Waals surface area contributed by atoms with Crippen LogP contribution < -0.4 is 10.5 Å². The summed E-state index contributed by atoms with van der Waals surface area (Å²) in [4.78, 5) is 8.69. The Hall–Kier alpha value is -1.78. The van der Waals surface area contributed by atoms with Crippen molar-refractivity contribution in [2.24, 2.45) is 17.8 Å². The van der Waals surface area contributed by atoms with Crippen molar-refractivity contribution in [2.75, 3.05) is 5.73 Å². The van der Waals surface area contributed by atoms with E-state index in [0.29, 0.717) is 29.5 Å². The fourth-order valence-electron chi connectivity index (χ4n) is 3.39. The molecule has 0 bridgehead atoms. The molecular formula is C16H24N4O. The Morgan fingerprint density at radius 2 is 2.19 bits per heavy atom. The highest BCUT2D eigenvalue weighted by atomic mass is 16.5. The quantitative estimate of drug-likeness (QED) is 0.942. The van der Waals surface area contributed by atoms with Gasteiger partial charge in [-0.15, -0.1) is 0 Å². The maximum absolute atomic E-state index is 6.28. The van der Waals surface area contributed by atoms with Crippen LogP contribution in [0.25, 0.3) is 5.65 Å². The van der Waals surface area contributed by atoms with E-state index in [0.717, 1.165) is 12.1 Å². The van der Waals surface area contributed by atoms with Gasteiger partial charge in [0.2, 0.25) is 5.65 Å². The molecule has 21 heavy (non-hydrogen) atoms. The number of aromatic nitrogens is 3. The fourth-order valence-corrected chi connectivity index (χ4v) is 3.39. The monoisotopic (exact) mass is 288 g/mol. The van der Waals surface area contributed by atoms with Crippen LogP contribution >= 0.6 is 0 Å². The number of hydrogen-bond acceptors (Lipinski definition) is 4. The van der Waals surface area contributed by atoms with Crippen molar-refractivity contribution in [1.29, 1.82) is 0 Å². The molecule has 1 aliphatic carbocycles. The van der Waals surface area contributed by atoms with Crippen molar-refractivity contribution in [3.8, 4) is 5.88 Å². The number of nitrogens with two attached hydrogens (primary N) is 1. The predicted molar refractivity (Wildman–Crippen MR) is 83.2 cm³/mol. The average molecular weight is 288 g/mol. The first-order valence-corrected chi connectivity index (χ1v) is 7.80. The summed E-state index contributed by atoms with van der Waals surface area (Å²) < 4.78 is 8.15. The van der Waals surface area contributed by atoms with Crippen LogP contribution in [0.5, 0.6) is 5.88 Å². The third-order valence-corrected chi connectivity index (χ3v) is 4.59. The van der Waals surface area contributed by atoms with Crippen molar-refractivity contribution in [3.63, 3.8) is 0 Å². The maximum Gasteiger partial charge on any atom is 0.260 e. The first-order valence-electron chi connectivity index (χ1n) is 7.80. The van der Waals surface area contributed by atoms with Crippen LogP contribution in [0.1, 0.15) is 40.0 Å². The third-order valence-electron chi connectivity index (χ3n) is 4.59. The Bertz CT molecular complexity index is 622. The summed E-state index contributed by atoms with van der Waals surface area (Å²) in [5, 5.41) is 0. The molecule has 1 fully saturated rings. The van der Waals surface area contributed by atoms with Crippen LogP contribution in [-0.2, 0) is 0 Å². The van der Waals surface area contributed by atoms with E-state index in [2.05, 4.69) is 30.7 Å². The summed E-state index contributed by atoms with van der Waals surface area (Å²) in [6.45, 7) is 6.84. The molecule has 0 radical (unpaired) electrons. The first kappa shape index (κ1) is 14.2. The second-order valence-corrected chi connectivity index (χ2v) is 6.61. The van der Waals surface area contributed by atoms with E-state index in [9.17, 15) is 0 Å². The van der Waals surface area contributed by atoms with Crippen LogP contribution in [0.4, 0.5) is 5.82 Å². The van der Waals surface area contributed by atoms with E-state index >= 15 is 0 Å². The fraction of sp³-hybridized carbons (Fsp3) is 0.625. The number of anilines is 1. The minimum absolute atomic E-state index is 0.198. The molecule has 3 rings (SSSR count). The van der Waals surface area contributed by atoms with Gasteiger partial charge in [0.25, 0.3) is 5.88 Å². The molecule has 3 unspecified atom stereocenters. The molecule has 0 spiro atoms. The van der Waals surface area contributed by atoms with Gasteiger partial charge in [0, 0.05) is 12.4 Å². The zero-order valence-corrected chi connectivity index (χ0v) is 13.0. The van der Waals surface area contributed by atoms with Gasteiger partial charge in [0.05, 0.1) is 6.20 Å². The summed E-state index contributed by atoms with van der Waals surface area (Å²) in [5.41, 5.74) is 6.61. The van der Waals surface area contributed by atoms with Gasteiger partial charge in [0.15, 0.2) is 0 Å². The highest BCUT2D eigenvalue weighted by Gasteiger charge is 2.33. The number of imidazole rings is 1. The molecule has 114 valence electrons. The van der Waals surface area contributed by atoms with Gasteiger partial charge in [-0.05, 0) is 30.6 Å². The molecule has 0 amide bonds. The van der Waals surface area contributed by atoms with Crippen molar-refractivity contribution >= 4 is 11.5 Å². The number of ether oxygens (including phenoxy) is 1. The number of rotatable bonds is 3. The van der Waals surface area contributed by atoms with Crippen LogP contribution in [0.15, 0.2) is 18.6 Å². The van der Waals surface area contributed by atoms with Gasteiger partial charge < -0.3 is 10.5 Å². The maximum atomic E-state index is 6.28. The van der Waals surface area contributed by atoms with E-state index in [-0.39, 0.29) is 6.10 Å². The Morgan fingerprint density at radius 3 is 2.95 bits per heavy atom. The topological polar surface area (TPSA) is 65.4 Å². The molecule has 0 aliphatic heterocycles. The Balaban J connectivity index is 1.90. The molecule has 2 N–H and O–H groups in total. The molecule has 2 aromatic rings. The third kappa shape index (κ3) is 2.82. The van der Waals surface area contributed by atoms with Gasteiger partial charge in [-0.2, -0.15) is 4.98 Å². The number of fused-ring (bicyclic) bond motifs is 1. The lowest BCUT2D eigenvalue weighted by atomic mass is 9.75. The Labute approximate surface area is 125 Å². The van der Waals surface area contributed by atoms with Crippen molar-refractivity contribution in [1.82, 2.24) is 14.4 Å². The Morgan fingerprint density at radius 1 is 1.38 bits per heavy atom. The normalized spacial score (nSPS) is 26.4. The minimum Gasteiger partial charge on any atom is -0.471 e. The van der Waals surface area contributed by atoms with Crippen LogP contribution in [-0.4, -0.2) is 20.5 Å². The average Bonchev–Trinajstić information content (AvgIpc) is 2.86. The molecule has 2 aromatic heterocycles. The van der Waals surface area contributed by atoms with Crippen LogP contribution in [0.3, 0.4) is 0 Å². The predicted octanol–water partition coefficient (Wildman–Crippen LogP) is 3.15.